The average Bonchev–Trinajstić information content (AvgIpc) is 2.30. The van der Waals surface area contributed by atoms with Gasteiger partial charge in [0, 0.05) is 17.9 Å². The van der Waals surface area contributed by atoms with E-state index in [0.717, 1.165) is 24.2 Å². The highest BCUT2D eigenvalue weighted by molar-refractivity contribution is 6.18. The molecule has 2 heteroatoms. The Morgan fingerprint density at radius 1 is 1.44 bits per heavy atom. The third kappa shape index (κ3) is 4.59. The van der Waals surface area contributed by atoms with Crippen molar-refractivity contribution in [3.05, 3.63) is 29.8 Å². The van der Waals surface area contributed by atoms with Crippen LogP contribution in [0.5, 0.6) is 5.75 Å². The van der Waals surface area contributed by atoms with E-state index in [1.165, 1.54) is 0 Å². The van der Waals surface area contributed by atoms with Crippen LogP contribution >= 0.6 is 11.6 Å². The molecule has 0 spiro atoms. The summed E-state index contributed by atoms with van der Waals surface area (Å²) in [5.74, 6) is 7.53. The maximum Gasteiger partial charge on any atom is 0.120 e. The summed E-state index contributed by atoms with van der Waals surface area (Å²) in [6.45, 7) is 4.17. The molecule has 0 bridgehead atoms. The second kappa shape index (κ2) is 7.19. The molecular weight excluding hydrogens is 220 g/mol. The van der Waals surface area contributed by atoms with Crippen LogP contribution < -0.4 is 4.74 Å². The van der Waals surface area contributed by atoms with Crippen molar-refractivity contribution in [1.29, 1.82) is 0 Å². The van der Waals surface area contributed by atoms with Gasteiger partial charge < -0.3 is 4.74 Å². The van der Waals surface area contributed by atoms with Crippen LogP contribution in [0.4, 0.5) is 0 Å². The summed E-state index contributed by atoms with van der Waals surface area (Å²) < 4.78 is 5.72. The van der Waals surface area contributed by atoms with Crippen molar-refractivity contribution in [3.8, 4) is 17.6 Å². The minimum Gasteiger partial charge on any atom is -0.491 e. The first-order chi connectivity index (χ1) is 7.76. The van der Waals surface area contributed by atoms with E-state index in [1.54, 1.807) is 0 Å². The van der Waals surface area contributed by atoms with Gasteiger partial charge in [-0.05, 0) is 31.5 Å². The van der Waals surface area contributed by atoms with Crippen LogP contribution in [0.1, 0.15) is 32.3 Å². The fraction of sp³-hybridized carbons (Fsp3) is 0.429. The molecule has 1 aromatic rings. The van der Waals surface area contributed by atoms with Gasteiger partial charge in [-0.15, -0.1) is 11.6 Å². The maximum atomic E-state index is 5.72. The van der Waals surface area contributed by atoms with Crippen molar-refractivity contribution in [2.45, 2.75) is 32.8 Å². The number of rotatable bonds is 4. The molecule has 0 saturated carbocycles. The Bertz CT molecular complexity index is 376. The molecule has 1 unspecified atom stereocenters. The molecule has 0 aromatic heterocycles. The van der Waals surface area contributed by atoms with Gasteiger partial charge in [-0.1, -0.05) is 24.8 Å². The van der Waals surface area contributed by atoms with E-state index in [4.69, 9.17) is 16.3 Å². The van der Waals surface area contributed by atoms with Crippen molar-refractivity contribution < 1.29 is 4.74 Å². The van der Waals surface area contributed by atoms with Gasteiger partial charge in [0.25, 0.3) is 0 Å². The minimum atomic E-state index is 0.242. The first-order valence-electron chi connectivity index (χ1n) is 5.57. The molecular formula is C14H17ClO. The van der Waals surface area contributed by atoms with E-state index < -0.39 is 0 Å². The molecule has 0 aliphatic heterocycles. The van der Waals surface area contributed by atoms with Crippen molar-refractivity contribution >= 4 is 11.6 Å². The topological polar surface area (TPSA) is 9.23 Å². The number of hydrogen-bond acceptors (Lipinski definition) is 1. The average molecular weight is 237 g/mol. The number of halogens is 1. The van der Waals surface area contributed by atoms with E-state index in [0.29, 0.717) is 5.88 Å². The number of alkyl halides is 1. The Labute approximate surface area is 103 Å². The zero-order valence-corrected chi connectivity index (χ0v) is 10.6. The van der Waals surface area contributed by atoms with Crippen LogP contribution in [0.3, 0.4) is 0 Å². The van der Waals surface area contributed by atoms with Gasteiger partial charge in [-0.2, -0.15) is 0 Å². The normalized spacial score (nSPS) is 11.4. The van der Waals surface area contributed by atoms with Crippen LogP contribution in [0.15, 0.2) is 24.3 Å². The summed E-state index contributed by atoms with van der Waals surface area (Å²) in [5.41, 5.74) is 0.978. The minimum absolute atomic E-state index is 0.242. The van der Waals surface area contributed by atoms with Crippen molar-refractivity contribution in [1.82, 2.24) is 0 Å². The molecule has 1 aromatic carbocycles. The molecule has 0 radical (unpaired) electrons. The lowest BCUT2D eigenvalue weighted by Crippen LogP contribution is -2.09. The fourth-order valence-corrected chi connectivity index (χ4v) is 1.27. The van der Waals surface area contributed by atoms with Crippen LogP contribution in [-0.4, -0.2) is 12.0 Å². The lowest BCUT2D eigenvalue weighted by Gasteiger charge is -2.12. The summed E-state index contributed by atoms with van der Waals surface area (Å²) in [5, 5.41) is 0. The van der Waals surface area contributed by atoms with E-state index in [2.05, 4.69) is 25.7 Å². The molecule has 0 fully saturated rings. The van der Waals surface area contributed by atoms with Crippen molar-refractivity contribution in [2.24, 2.45) is 0 Å². The Kier molecular flexibility index (Phi) is 5.82. The first-order valence-corrected chi connectivity index (χ1v) is 6.11. The maximum absolute atomic E-state index is 5.72. The van der Waals surface area contributed by atoms with Crippen LogP contribution in [0.2, 0.25) is 0 Å². The third-order valence-corrected chi connectivity index (χ3v) is 2.39. The summed E-state index contributed by atoms with van der Waals surface area (Å²) >= 11 is 5.56. The molecule has 1 nitrogen and oxygen atoms in total. The van der Waals surface area contributed by atoms with E-state index in [-0.39, 0.29) is 6.10 Å². The summed E-state index contributed by atoms with van der Waals surface area (Å²) in [7, 11) is 0. The standard InChI is InChI=1S/C14H17ClO/c1-3-12(2)16-14-9-6-8-13(11-14)7-4-5-10-15/h6,8-9,11-12H,3,5,10H2,1-2H3. The molecule has 1 atom stereocenters. The summed E-state index contributed by atoms with van der Waals surface area (Å²) in [6.07, 6.45) is 1.96. The van der Waals surface area contributed by atoms with Gasteiger partial charge in [0.1, 0.15) is 5.75 Å². The zero-order chi connectivity index (χ0) is 11.8. The van der Waals surface area contributed by atoms with Gasteiger partial charge in [0.2, 0.25) is 0 Å². The molecule has 0 saturated heterocycles. The largest absolute Gasteiger partial charge is 0.491 e. The highest BCUT2D eigenvalue weighted by Crippen LogP contribution is 2.15. The number of hydrogen-bond donors (Lipinski definition) is 0. The summed E-state index contributed by atoms with van der Waals surface area (Å²) in [4.78, 5) is 0. The fourth-order valence-electron chi connectivity index (χ4n) is 1.17. The van der Waals surface area contributed by atoms with Gasteiger partial charge in [0.15, 0.2) is 0 Å². The lowest BCUT2D eigenvalue weighted by atomic mass is 10.2. The van der Waals surface area contributed by atoms with Crippen molar-refractivity contribution in [2.75, 3.05) is 5.88 Å². The molecule has 0 heterocycles. The quantitative estimate of drug-likeness (QED) is 0.570. The third-order valence-electron chi connectivity index (χ3n) is 2.20. The number of benzene rings is 1. The van der Waals surface area contributed by atoms with Crippen LogP contribution in [0, 0.1) is 11.8 Å². The van der Waals surface area contributed by atoms with Crippen LogP contribution in [0.25, 0.3) is 0 Å². The molecule has 1 rings (SSSR count). The Morgan fingerprint density at radius 3 is 2.94 bits per heavy atom. The van der Waals surface area contributed by atoms with Gasteiger partial charge in [-0.25, -0.2) is 0 Å². The smallest absolute Gasteiger partial charge is 0.120 e. The van der Waals surface area contributed by atoms with Crippen LogP contribution in [-0.2, 0) is 0 Å². The molecule has 86 valence electrons. The second-order valence-electron chi connectivity index (χ2n) is 3.61. The molecule has 0 N–H and O–H groups in total. The van der Waals surface area contributed by atoms with Gasteiger partial charge in [0.05, 0.1) is 6.10 Å². The SMILES string of the molecule is CCC(C)Oc1cccc(C#CCCCl)c1. The Morgan fingerprint density at radius 2 is 2.25 bits per heavy atom. The second-order valence-corrected chi connectivity index (χ2v) is 3.98. The van der Waals surface area contributed by atoms with Gasteiger partial charge >= 0.3 is 0 Å². The predicted octanol–water partition coefficient (Wildman–Crippen LogP) is 3.84. The van der Waals surface area contributed by atoms with E-state index >= 15 is 0 Å². The first kappa shape index (κ1) is 12.9. The summed E-state index contributed by atoms with van der Waals surface area (Å²) in [6, 6.07) is 7.86. The lowest BCUT2D eigenvalue weighted by molar-refractivity contribution is 0.217. The molecule has 0 amide bonds. The van der Waals surface area contributed by atoms with Crippen molar-refractivity contribution in [3.63, 3.8) is 0 Å². The predicted molar refractivity (Wildman–Crippen MR) is 69.0 cm³/mol. The Hall–Kier alpha value is -1.13. The molecule has 0 aliphatic rings. The monoisotopic (exact) mass is 236 g/mol. The molecule has 16 heavy (non-hydrogen) atoms. The highest BCUT2D eigenvalue weighted by atomic mass is 35.5. The Balaban J connectivity index is 2.68. The highest BCUT2D eigenvalue weighted by Gasteiger charge is 2.00. The number of ether oxygens (including phenoxy) is 1. The van der Waals surface area contributed by atoms with Gasteiger partial charge in [-0.3, -0.25) is 0 Å². The van der Waals surface area contributed by atoms with E-state index in [1.807, 2.05) is 24.3 Å². The molecule has 0 aliphatic carbocycles. The zero-order valence-electron chi connectivity index (χ0n) is 9.79. The van der Waals surface area contributed by atoms with E-state index in [9.17, 15) is 0 Å².